The number of halogens is 1. The van der Waals surface area contributed by atoms with Gasteiger partial charge in [-0.2, -0.15) is 0 Å². The molecule has 10 nitrogen and oxygen atoms in total. The van der Waals surface area contributed by atoms with E-state index in [2.05, 4.69) is 60.5 Å². The number of pyridine rings is 1. The number of benzene rings is 1. The van der Waals surface area contributed by atoms with Gasteiger partial charge in [0.25, 0.3) is 0 Å². The summed E-state index contributed by atoms with van der Waals surface area (Å²) in [5.74, 6) is 0.00341. The number of nitrogens with zero attached hydrogens (tertiary/aromatic N) is 6. The van der Waals surface area contributed by atoms with Gasteiger partial charge in [-0.15, -0.1) is 11.8 Å². The predicted octanol–water partition coefficient (Wildman–Crippen LogP) is 5.54. The first kappa shape index (κ1) is 33.9. The Morgan fingerprint density at radius 1 is 1.04 bits per heavy atom. The van der Waals surface area contributed by atoms with Crippen molar-refractivity contribution in [3.05, 3.63) is 57.6 Å². The number of amides is 2. The molecule has 5 heterocycles. The minimum absolute atomic E-state index is 0.00898. The number of likely N-dealkylation sites (tertiary alicyclic amines) is 1. The smallest absolute Gasteiger partial charge is 0.327 e. The lowest BCUT2D eigenvalue weighted by Gasteiger charge is -2.40. The molecule has 2 atom stereocenters. The average Bonchev–Trinajstić information content (AvgIpc) is 3.54. The zero-order valence-electron chi connectivity index (χ0n) is 28.2. The highest BCUT2D eigenvalue weighted by Crippen LogP contribution is 2.50. The summed E-state index contributed by atoms with van der Waals surface area (Å²) < 4.78 is 1.78. The summed E-state index contributed by atoms with van der Waals surface area (Å²) in [5.41, 5.74) is 3.32. The summed E-state index contributed by atoms with van der Waals surface area (Å²) in [4.78, 5) is 56.5. The van der Waals surface area contributed by atoms with Crippen molar-refractivity contribution in [2.75, 3.05) is 50.7 Å². The van der Waals surface area contributed by atoms with E-state index in [1.165, 1.54) is 0 Å². The summed E-state index contributed by atoms with van der Waals surface area (Å²) in [6, 6.07) is 10.3. The van der Waals surface area contributed by atoms with Gasteiger partial charge in [0, 0.05) is 86.8 Å². The normalized spacial score (nSPS) is 21.9. The van der Waals surface area contributed by atoms with Gasteiger partial charge < -0.3 is 14.7 Å². The Bertz CT molecular complexity index is 1650. The number of rotatable bonds is 8. The van der Waals surface area contributed by atoms with Gasteiger partial charge in [-0.25, -0.2) is 9.78 Å². The second-order valence-electron chi connectivity index (χ2n) is 14.6. The molecule has 2 amide bonds. The van der Waals surface area contributed by atoms with E-state index in [9.17, 15) is 14.4 Å². The number of hydrogen-bond acceptors (Lipinski definition) is 7. The highest BCUT2D eigenvalue weighted by molar-refractivity contribution is 8.01. The fraction of sp³-hybridized carbons (Fsp3) is 0.600. The molecule has 0 spiro atoms. The number of aromatic nitrogens is 3. The van der Waals surface area contributed by atoms with E-state index in [-0.39, 0.29) is 40.8 Å². The standard InChI is InChI=1S/C35H48ClN7O3S/c1-23(2)39-18-20-40(21-19-39)26-9-6-8-25(36)30(26)33-42(17-13-35(3,4)5)32(45)28(47-33)22-29(44)41-15-11-24(12-16-41)43-27-10-7-14-37-31(27)38-34(43)46/h6-10,14,23-24,28,33H,11-13,15-22H2,1-5H3,(H,37,38,46)/t28-,33?/m0/s1. The first-order chi connectivity index (χ1) is 22.4. The number of thioether (sulfide) groups is 1. The third-order valence-corrected chi connectivity index (χ3v) is 11.7. The molecule has 3 aromatic rings. The lowest BCUT2D eigenvalue weighted by Crippen LogP contribution is -2.49. The molecule has 47 heavy (non-hydrogen) atoms. The van der Waals surface area contributed by atoms with Crippen molar-refractivity contribution in [1.29, 1.82) is 0 Å². The van der Waals surface area contributed by atoms with Crippen molar-refractivity contribution in [2.24, 2.45) is 5.41 Å². The van der Waals surface area contributed by atoms with E-state index in [0.29, 0.717) is 49.2 Å². The van der Waals surface area contributed by atoms with E-state index in [0.717, 1.165) is 49.4 Å². The lowest BCUT2D eigenvalue weighted by molar-refractivity contribution is -0.136. The number of anilines is 1. The van der Waals surface area contributed by atoms with E-state index in [1.807, 2.05) is 34.1 Å². The van der Waals surface area contributed by atoms with Crippen molar-refractivity contribution in [1.82, 2.24) is 29.2 Å². The molecule has 3 aliphatic rings. The van der Waals surface area contributed by atoms with Gasteiger partial charge in [-0.3, -0.25) is 24.0 Å². The van der Waals surface area contributed by atoms with Crippen molar-refractivity contribution >= 4 is 52.0 Å². The lowest BCUT2D eigenvalue weighted by atomic mass is 9.92. The molecule has 12 heteroatoms. The quantitative estimate of drug-likeness (QED) is 0.334. The van der Waals surface area contributed by atoms with E-state index in [1.54, 1.807) is 22.5 Å². The number of nitrogens with one attached hydrogen (secondary N) is 1. The highest BCUT2D eigenvalue weighted by Gasteiger charge is 2.45. The zero-order chi connectivity index (χ0) is 33.5. The minimum Gasteiger partial charge on any atom is -0.369 e. The Morgan fingerprint density at radius 3 is 2.45 bits per heavy atom. The van der Waals surface area contributed by atoms with Gasteiger partial charge in [-0.05, 0) is 62.8 Å². The number of H-pyrrole nitrogens is 1. The summed E-state index contributed by atoms with van der Waals surface area (Å²) in [6.45, 7) is 16.5. The second kappa shape index (κ2) is 13.8. The van der Waals surface area contributed by atoms with Crippen LogP contribution in [-0.4, -0.2) is 98.2 Å². The number of aromatic amines is 1. The number of carbonyl (C=O) groups is 2. The summed E-state index contributed by atoms with van der Waals surface area (Å²) in [7, 11) is 0. The monoisotopic (exact) mass is 681 g/mol. The van der Waals surface area contributed by atoms with Crippen molar-refractivity contribution in [3.63, 3.8) is 0 Å². The molecule has 3 aliphatic heterocycles. The van der Waals surface area contributed by atoms with Crippen LogP contribution < -0.4 is 10.6 Å². The molecule has 254 valence electrons. The largest absolute Gasteiger partial charge is 0.369 e. The molecular formula is C35H48ClN7O3S. The number of fused-ring (bicyclic) bond motifs is 1. The van der Waals surface area contributed by atoms with Crippen LogP contribution >= 0.6 is 23.4 Å². The third kappa shape index (κ3) is 7.22. The number of imidazole rings is 1. The van der Waals surface area contributed by atoms with Crippen LogP contribution in [0.1, 0.15) is 77.3 Å². The molecule has 6 rings (SSSR count). The Hall–Kier alpha value is -3.02. The molecule has 1 N–H and O–H groups in total. The van der Waals surface area contributed by atoms with Crippen LogP contribution in [0.3, 0.4) is 0 Å². The molecule has 0 saturated carbocycles. The van der Waals surface area contributed by atoms with Crippen molar-refractivity contribution in [3.8, 4) is 0 Å². The van der Waals surface area contributed by atoms with Gasteiger partial charge in [0.1, 0.15) is 5.37 Å². The van der Waals surface area contributed by atoms with Crippen LogP contribution in [0.4, 0.5) is 5.69 Å². The third-order valence-electron chi connectivity index (χ3n) is 9.93. The maximum absolute atomic E-state index is 14.1. The van der Waals surface area contributed by atoms with Gasteiger partial charge in [-0.1, -0.05) is 38.4 Å². The molecule has 0 bridgehead atoms. The SMILES string of the molecule is CC(C)N1CCN(c2cccc(Cl)c2C2S[C@@H](CC(=O)N3CCC(n4c(=O)[nH]c5ncccc54)CC3)C(=O)N2CCC(C)(C)C)CC1. The summed E-state index contributed by atoms with van der Waals surface area (Å²) in [5, 5.41) is -0.0754. The number of piperazine rings is 1. The average molecular weight is 682 g/mol. The number of hydrogen-bond donors (Lipinski definition) is 1. The van der Waals surface area contributed by atoms with Crippen molar-refractivity contribution in [2.45, 2.75) is 83.0 Å². The molecule has 0 radical (unpaired) electrons. The van der Waals surface area contributed by atoms with Crippen LogP contribution in [0.5, 0.6) is 0 Å². The van der Waals surface area contributed by atoms with Crippen LogP contribution in [-0.2, 0) is 9.59 Å². The van der Waals surface area contributed by atoms with E-state index < -0.39 is 5.25 Å². The predicted molar refractivity (Wildman–Crippen MR) is 190 cm³/mol. The van der Waals surface area contributed by atoms with Crippen molar-refractivity contribution < 1.29 is 9.59 Å². The molecule has 1 aromatic carbocycles. The fourth-order valence-electron chi connectivity index (χ4n) is 7.14. The molecular weight excluding hydrogens is 634 g/mol. The number of piperidine rings is 1. The highest BCUT2D eigenvalue weighted by atomic mass is 35.5. The van der Waals surface area contributed by atoms with Crippen LogP contribution in [0.25, 0.3) is 11.2 Å². The maximum Gasteiger partial charge on any atom is 0.327 e. The molecule has 1 unspecified atom stereocenters. The Kier molecular flexibility index (Phi) is 9.97. The van der Waals surface area contributed by atoms with Crippen LogP contribution in [0, 0.1) is 5.41 Å². The Balaban J connectivity index is 1.18. The first-order valence-electron chi connectivity index (χ1n) is 17.0. The fourth-order valence-corrected chi connectivity index (χ4v) is 9.02. The van der Waals surface area contributed by atoms with Gasteiger partial charge in [0.05, 0.1) is 10.8 Å². The van der Waals surface area contributed by atoms with Gasteiger partial charge in [0.15, 0.2) is 5.65 Å². The van der Waals surface area contributed by atoms with Gasteiger partial charge >= 0.3 is 5.69 Å². The van der Waals surface area contributed by atoms with Gasteiger partial charge in [0.2, 0.25) is 11.8 Å². The maximum atomic E-state index is 14.1. The first-order valence-corrected chi connectivity index (χ1v) is 18.3. The summed E-state index contributed by atoms with van der Waals surface area (Å²) >= 11 is 8.57. The Labute approximate surface area is 286 Å². The van der Waals surface area contributed by atoms with E-state index in [4.69, 9.17) is 11.6 Å². The van der Waals surface area contributed by atoms with Crippen LogP contribution in [0.15, 0.2) is 41.3 Å². The summed E-state index contributed by atoms with van der Waals surface area (Å²) in [6.07, 6.45) is 4.01. The molecule has 3 saturated heterocycles. The van der Waals surface area contributed by atoms with Crippen LogP contribution in [0.2, 0.25) is 5.02 Å². The second-order valence-corrected chi connectivity index (χ2v) is 16.3. The molecule has 0 aliphatic carbocycles. The minimum atomic E-state index is -0.477. The molecule has 3 fully saturated rings. The zero-order valence-corrected chi connectivity index (χ0v) is 29.8. The number of carbonyl (C=O) groups excluding carboxylic acids is 2. The Morgan fingerprint density at radius 2 is 1.77 bits per heavy atom. The molecule has 2 aromatic heterocycles. The van der Waals surface area contributed by atoms with E-state index >= 15 is 0 Å². The topological polar surface area (TPSA) is 97.8 Å².